The van der Waals surface area contributed by atoms with E-state index in [1.165, 1.54) is 4.50 Å². The number of amides is 1. The highest BCUT2D eigenvalue weighted by molar-refractivity contribution is 7.27. The third-order valence-corrected chi connectivity index (χ3v) is 7.71. The van der Waals surface area contributed by atoms with Crippen LogP contribution in [-0.2, 0) is 0 Å². The molecular formula is C13H23NOSSi. The minimum absolute atomic E-state index is 0.196. The third-order valence-electron chi connectivity index (χ3n) is 2.90. The number of hydrogen-bond donors (Lipinski definition) is 0. The van der Waals surface area contributed by atoms with Gasteiger partial charge in [0.2, 0.25) is 0 Å². The van der Waals surface area contributed by atoms with Crippen molar-refractivity contribution < 1.29 is 4.79 Å². The van der Waals surface area contributed by atoms with Crippen molar-refractivity contribution >= 4 is 29.8 Å². The van der Waals surface area contributed by atoms with Crippen LogP contribution in [-0.4, -0.2) is 32.0 Å². The van der Waals surface area contributed by atoms with E-state index in [9.17, 15) is 4.79 Å². The molecule has 0 saturated heterocycles. The van der Waals surface area contributed by atoms with Crippen molar-refractivity contribution in [3.8, 4) is 0 Å². The quantitative estimate of drug-likeness (QED) is 0.769. The summed E-state index contributed by atoms with van der Waals surface area (Å²) in [6.07, 6.45) is 0. The van der Waals surface area contributed by atoms with Crippen LogP contribution in [0, 0.1) is 6.92 Å². The van der Waals surface area contributed by atoms with E-state index < -0.39 is 8.07 Å². The molecule has 4 heteroatoms. The topological polar surface area (TPSA) is 20.3 Å². The molecule has 0 spiro atoms. The summed E-state index contributed by atoms with van der Waals surface area (Å²) >= 11 is 1.70. The number of carbonyl (C=O) groups excluding carboxylic acids is 1. The molecule has 0 saturated carbocycles. The van der Waals surface area contributed by atoms with Crippen LogP contribution >= 0.6 is 11.3 Å². The van der Waals surface area contributed by atoms with Crippen LogP contribution in [0.3, 0.4) is 0 Å². The Labute approximate surface area is 110 Å². The average Bonchev–Trinajstić information content (AvgIpc) is 2.61. The summed E-state index contributed by atoms with van der Waals surface area (Å²) in [6.45, 7) is 14.7. The summed E-state index contributed by atoms with van der Waals surface area (Å²) in [7, 11) is -1.30. The Morgan fingerprint density at radius 2 is 1.82 bits per heavy atom. The molecule has 0 aliphatic rings. The van der Waals surface area contributed by atoms with E-state index in [0.717, 1.165) is 23.5 Å². The predicted molar refractivity (Wildman–Crippen MR) is 79.3 cm³/mol. The van der Waals surface area contributed by atoms with Crippen molar-refractivity contribution in [1.82, 2.24) is 4.90 Å². The van der Waals surface area contributed by atoms with Crippen LogP contribution < -0.4 is 4.50 Å². The van der Waals surface area contributed by atoms with Gasteiger partial charge in [-0.15, -0.1) is 11.3 Å². The molecule has 0 unspecified atom stereocenters. The van der Waals surface area contributed by atoms with Crippen LogP contribution in [0.4, 0.5) is 0 Å². The van der Waals surface area contributed by atoms with Crippen molar-refractivity contribution in [3.63, 3.8) is 0 Å². The van der Waals surface area contributed by atoms with Crippen LogP contribution in [0.5, 0.6) is 0 Å². The first-order chi connectivity index (χ1) is 7.81. The van der Waals surface area contributed by atoms with Gasteiger partial charge in [-0.25, -0.2) is 0 Å². The number of aryl methyl sites for hydroxylation is 1. The molecule has 0 bridgehead atoms. The van der Waals surface area contributed by atoms with Crippen molar-refractivity contribution in [2.75, 3.05) is 13.1 Å². The van der Waals surface area contributed by atoms with Crippen molar-refractivity contribution in [3.05, 3.63) is 16.5 Å². The lowest BCUT2D eigenvalue weighted by Gasteiger charge is -2.18. The first-order valence-corrected chi connectivity index (χ1v) is 10.5. The smallest absolute Gasteiger partial charge is 0.264 e. The summed E-state index contributed by atoms with van der Waals surface area (Å²) in [5, 5.41) is 0. The lowest BCUT2D eigenvalue weighted by molar-refractivity contribution is 0.0777. The Morgan fingerprint density at radius 3 is 2.18 bits per heavy atom. The zero-order chi connectivity index (χ0) is 13.2. The molecule has 0 aliphatic carbocycles. The maximum atomic E-state index is 12.3. The largest absolute Gasteiger partial charge is 0.339 e. The zero-order valence-electron chi connectivity index (χ0n) is 11.8. The van der Waals surface area contributed by atoms with E-state index in [2.05, 4.69) is 32.6 Å². The maximum Gasteiger partial charge on any atom is 0.264 e. The molecule has 17 heavy (non-hydrogen) atoms. The summed E-state index contributed by atoms with van der Waals surface area (Å²) in [5.41, 5.74) is 1.14. The molecule has 1 rings (SSSR count). The van der Waals surface area contributed by atoms with Gasteiger partial charge in [0, 0.05) is 13.1 Å². The second-order valence-electron chi connectivity index (χ2n) is 5.35. The van der Waals surface area contributed by atoms with Gasteiger partial charge in [0.05, 0.1) is 13.0 Å². The SMILES string of the molecule is CCN(CC)C(=O)c1sc([Si](C)(C)C)cc1C. The van der Waals surface area contributed by atoms with Gasteiger partial charge in [-0.1, -0.05) is 19.6 Å². The van der Waals surface area contributed by atoms with Crippen molar-refractivity contribution in [2.45, 2.75) is 40.4 Å². The fourth-order valence-corrected chi connectivity index (χ4v) is 4.79. The molecule has 96 valence electrons. The van der Waals surface area contributed by atoms with Crippen molar-refractivity contribution in [2.24, 2.45) is 0 Å². The number of rotatable bonds is 4. The monoisotopic (exact) mass is 269 g/mol. The fourth-order valence-electron chi connectivity index (χ4n) is 1.72. The van der Waals surface area contributed by atoms with Gasteiger partial charge in [-0.05, 0) is 36.9 Å². The van der Waals surface area contributed by atoms with Crippen LogP contribution in [0.1, 0.15) is 29.1 Å². The first-order valence-electron chi connectivity index (χ1n) is 6.21. The van der Waals surface area contributed by atoms with Crippen LogP contribution in [0.15, 0.2) is 6.07 Å². The van der Waals surface area contributed by atoms with E-state index in [1.54, 1.807) is 11.3 Å². The molecule has 1 aromatic rings. The third kappa shape index (κ3) is 3.19. The van der Waals surface area contributed by atoms with E-state index >= 15 is 0 Å². The van der Waals surface area contributed by atoms with E-state index in [-0.39, 0.29) is 5.91 Å². The zero-order valence-corrected chi connectivity index (χ0v) is 13.6. The van der Waals surface area contributed by atoms with E-state index in [4.69, 9.17) is 0 Å². The van der Waals surface area contributed by atoms with Gasteiger partial charge in [0.15, 0.2) is 0 Å². The Kier molecular flexibility index (Phi) is 4.55. The molecule has 0 atom stereocenters. The Balaban J connectivity index is 3.07. The summed E-state index contributed by atoms with van der Waals surface area (Å²) in [5.74, 6) is 0.196. The van der Waals surface area contributed by atoms with E-state index in [0.29, 0.717) is 0 Å². The maximum absolute atomic E-state index is 12.3. The number of carbonyl (C=O) groups is 1. The fraction of sp³-hybridized carbons (Fsp3) is 0.615. The Bertz CT molecular complexity index is 402. The van der Waals surface area contributed by atoms with Gasteiger partial charge in [0.25, 0.3) is 5.91 Å². The van der Waals surface area contributed by atoms with Gasteiger partial charge < -0.3 is 4.90 Å². The second-order valence-corrected chi connectivity index (χ2v) is 11.8. The van der Waals surface area contributed by atoms with Gasteiger partial charge >= 0.3 is 0 Å². The number of hydrogen-bond acceptors (Lipinski definition) is 2. The van der Waals surface area contributed by atoms with Gasteiger partial charge in [-0.3, -0.25) is 4.79 Å². The molecule has 2 nitrogen and oxygen atoms in total. The highest BCUT2D eigenvalue weighted by Gasteiger charge is 2.24. The lowest BCUT2D eigenvalue weighted by atomic mass is 10.2. The molecule has 1 amide bonds. The van der Waals surface area contributed by atoms with Gasteiger partial charge in [0.1, 0.15) is 0 Å². The second kappa shape index (κ2) is 5.36. The normalized spacial score (nSPS) is 11.6. The van der Waals surface area contributed by atoms with E-state index in [1.807, 2.05) is 18.7 Å². The molecule has 0 aliphatic heterocycles. The molecular weight excluding hydrogens is 246 g/mol. The lowest BCUT2D eigenvalue weighted by Crippen LogP contribution is -2.35. The van der Waals surface area contributed by atoms with Gasteiger partial charge in [-0.2, -0.15) is 0 Å². The predicted octanol–water partition coefficient (Wildman–Crippen LogP) is 3.08. The van der Waals surface area contributed by atoms with Crippen LogP contribution in [0.2, 0.25) is 19.6 Å². The standard InChI is InChI=1S/C13H23NOSSi/c1-7-14(8-2)13(15)12-10(3)9-11(16-12)17(4,5)6/h9H,7-8H2,1-6H3. The number of thiophene rings is 1. The first kappa shape index (κ1) is 14.4. The molecule has 1 aromatic heterocycles. The summed E-state index contributed by atoms with van der Waals surface area (Å²) in [4.78, 5) is 15.2. The highest BCUT2D eigenvalue weighted by Crippen LogP contribution is 2.20. The van der Waals surface area contributed by atoms with Crippen LogP contribution in [0.25, 0.3) is 0 Å². The Hall–Kier alpha value is -0.613. The minimum atomic E-state index is -1.30. The molecule has 0 N–H and O–H groups in total. The van der Waals surface area contributed by atoms with Crippen molar-refractivity contribution in [1.29, 1.82) is 0 Å². The molecule has 1 heterocycles. The highest BCUT2D eigenvalue weighted by atomic mass is 32.1. The summed E-state index contributed by atoms with van der Waals surface area (Å²) < 4.78 is 1.42. The Morgan fingerprint density at radius 1 is 1.29 bits per heavy atom. The molecule has 0 radical (unpaired) electrons. The number of nitrogens with zero attached hydrogens (tertiary/aromatic N) is 1. The minimum Gasteiger partial charge on any atom is -0.339 e. The molecule has 0 fully saturated rings. The summed E-state index contributed by atoms with van der Waals surface area (Å²) in [6, 6.07) is 2.22. The average molecular weight is 269 g/mol. The molecule has 0 aromatic carbocycles.